The molecular weight excluding hydrogens is 286 g/mol. The molecule has 1 aliphatic heterocycles. The minimum Gasteiger partial charge on any atom is -0.381 e. The molecule has 1 fully saturated rings. The van der Waals surface area contributed by atoms with Crippen molar-refractivity contribution in [2.75, 3.05) is 13.2 Å². The molecule has 2 heterocycles. The van der Waals surface area contributed by atoms with Gasteiger partial charge >= 0.3 is 0 Å². The number of thiophene rings is 1. The molecule has 16 heavy (non-hydrogen) atoms. The Balaban J connectivity index is 1.93. The Bertz CT molecular complexity index is 327. The Labute approximate surface area is 109 Å². The van der Waals surface area contributed by atoms with Crippen molar-refractivity contribution in [3.63, 3.8) is 0 Å². The van der Waals surface area contributed by atoms with Crippen LogP contribution < -0.4 is 5.73 Å². The lowest BCUT2D eigenvalue weighted by molar-refractivity contribution is 0.0619. The first kappa shape index (κ1) is 12.6. The smallest absolute Gasteiger partial charge is 0.0731 e. The topological polar surface area (TPSA) is 35.2 Å². The van der Waals surface area contributed by atoms with Gasteiger partial charge in [-0.1, -0.05) is 0 Å². The van der Waals surface area contributed by atoms with Gasteiger partial charge in [-0.2, -0.15) is 0 Å². The van der Waals surface area contributed by atoms with Gasteiger partial charge in [0.05, 0.1) is 3.79 Å². The van der Waals surface area contributed by atoms with Crippen molar-refractivity contribution in [3.05, 3.63) is 20.3 Å². The quantitative estimate of drug-likeness (QED) is 0.925. The van der Waals surface area contributed by atoms with Crippen LogP contribution in [-0.4, -0.2) is 13.2 Å². The molecule has 90 valence electrons. The van der Waals surface area contributed by atoms with Gasteiger partial charge in [0, 0.05) is 24.1 Å². The molecule has 1 atom stereocenters. The van der Waals surface area contributed by atoms with Gasteiger partial charge in [-0.3, -0.25) is 0 Å². The Morgan fingerprint density at radius 1 is 1.56 bits per heavy atom. The minimum absolute atomic E-state index is 0.193. The summed E-state index contributed by atoms with van der Waals surface area (Å²) in [6.45, 7) is 3.93. The lowest BCUT2D eigenvalue weighted by Crippen LogP contribution is -2.21. The van der Waals surface area contributed by atoms with E-state index in [0.717, 1.165) is 25.6 Å². The van der Waals surface area contributed by atoms with Crippen molar-refractivity contribution in [1.82, 2.24) is 0 Å². The number of rotatable bonds is 3. The van der Waals surface area contributed by atoms with Crippen LogP contribution >= 0.6 is 27.3 Å². The summed E-state index contributed by atoms with van der Waals surface area (Å²) in [6.07, 6.45) is 3.42. The Morgan fingerprint density at radius 3 is 2.81 bits per heavy atom. The van der Waals surface area contributed by atoms with Crippen molar-refractivity contribution in [2.45, 2.75) is 32.2 Å². The van der Waals surface area contributed by atoms with Crippen molar-refractivity contribution in [1.29, 1.82) is 0 Å². The second-order valence-corrected chi connectivity index (χ2v) is 6.91. The van der Waals surface area contributed by atoms with Crippen molar-refractivity contribution >= 4 is 27.3 Å². The highest BCUT2D eigenvalue weighted by Gasteiger charge is 2.19. The van der Waals surface area contributed by atoms with E-state index in [0.29, 0.717) is 0 Å². The molecule has 0 aromatic carbocycles. The van der Waals surface area contributed by atoms with Gasteiger partial charge in [-0.15, -0.1) is 11.3 Å². The van der Waals surface area contributed by atoms with E-state index in [-0.39, 0.29) is 6.04 Å². The van der Waals surface area contributed by atoms with Gasteiger partial charge in [0.2, 0.25) is 0 Å². The summed E-state index contributed by atoms with van der Waals surface area (Å²) in [5, 5.41) is 0. The summed E-state index contributed by atoms with van der Waals surface area (Å²) in [7, 11) is 0. The fourth-order valence-corrected chi connectivity index (χ4v) is 3.71. The average Bonchev–Trinajstić information content (AvgIpc) is 2.61. The van der Waals surface area contributed by atoms with Crippen LogP contribution in [0.1, 0.15) is 35.7 Å². The van der Waals surface area contributed by atoms with Crippen LogP contribution in [0.5, 0.6) is 0 Å². The molecule has 2 N–H and O–H groups in total. The molecule has 1 aliphatic rings. The summed E-state index contributed by atoms with van der Waals surface area (Å²) >= 11 is 5.32. The molecule has 0 aliphatic carbocycles. The summed E-state index contributed by atoms with van der Waals surface area (Å²) < 4.78 is 6.58. The van der Waals surface area contributed by atoms with E-state index in [4.69, 9.17) is 10.5 Å². The molecule has 1 unspecified atom stereocenters. The molecule has 0 amide bonds. The van der Waals surface area contributed by atoms with Crippen LogP contribution in [0.3, 0.4) is 0 Å². The van der Waals surface area contributed by atoms with Gasteiger partial charge in [0.15, 0.2) is 0 Å². The van der Waals surface area contributed by atoms with E-state index in [1.807, 2.05) is 0 Å². The van der Waals surface area contributed by atoms with Crippen LogP contribution in [0.25, 0.3) is 0 Å². The van der Waals surface area contributed by atoms with Gasteiger partial charge < -0.3 is 10.5 Å². The van der Waals surface area contributed by atoms with Gasteiger partial charge in [-0.25, -0.2) is 0 Å². The van der Waals surface area contributed by atoms with Crippen LogP contribution in [-0.2, 0) is 4.74 Å². The molecule has 1 aromatic heterocycles. The average molecular weight is 304 g/mol. The number of halogens is 1. The van der Waals surface area contributed by atoms with Crippen LogP contribution in [0.2, 0.25) is 0 Å². The number of aryl methyl sites for hydroxylation is 1. The molecule has 0 spiro atoms. The number of ether oxygens (including phenoxy) is 1. The molecule has 1 aromatic rings. The first-order valence-corrected chi connectivity index (χ1v) is 7.37. The fraction of sp³-hybridized carbons (Fsp3) is 0.667. The maximum absolute atomic E-state index is 6.26. The second-order valence-electron chi connectivity index (χ2n) is 4.50. The second kappa shape index (κ2) is 5.63. The van der Waals surface area contributed by atoms with Gasteiger partial charge in [-0.05, 0) is 59.7 Å². The fourth-order valence-electron chi connectivity index (χ4n) is 2.12. The minimum atomic E-state index is 0.193. The first-order valence-electron chi connectivity index (χ1n) is 5.76. The normalized spacial score (nSPS) is 19.9. The lowest BCUT2D eigenvalue weighted by Gasteiger charge is -2.24. The maximum atomic E-state index is 6.26. The summed E-state index contributed by atoms with van der Waals surface area (Å²) in [6, 6.07) is 2.40. The third kappa shape index (κ3) is 3.06. The highest BCUT2D eigenvalue weighted by molar-refractivity contribution is 9.11. The number of hydrogen-bond donors (Lipinski definition) is 1. The standard InChI is InChI=1S/C12H18BrNOS/c1-8-6-11(16-12(8)13)10(14)7-9-2-4-15-5-3-9/h6,9-10H,2-5,7,14H2,1H3. The first-order chi connectivity index (χ1) is 7.66. The van der Waals surface area contributed by atoms with Crippen molar-refractivity contribution < 1.29 is 4.74 Å². The summed E-state index contributed by atoms with van der Waals surface area (Å²) in [5.41, 5.74) is 7.55. The third-order valence-electron chi connectivity index (χ3n) is 3.17. The monoisotopic (exact) mass is 303 g/mol. The van der Waals surface area contributed by atoms with Crippen molar-refractivity contribution in [3.8, 4) is 0 Å². The van der Waals surface area contributed by atoms with E-state index in [9.17, 15) is 0 Å². The highest BCUT2D eigenvalue weighted by atomic mass is 79.9. The zero-order chi connectivity index (χ0) is 11.5. The maximum Gasteiger partial charge on any atom is 0.0731 e. The van der Waals surface area contributed by atoms with Crippen LogP contribution in [0.4, 0.5) is 0 Å². The number of hydrogen-bond acceptors (Lipinski definition) is 3. The Hall–Kier alpha value is 0.100. The van der Waals surface area contributed by atoms with E-state index in [1.165, 1.54) is 27.1 Å². The molecule has 0 bridgehead atoms. The lowest BCUT2D eigenvalue weighted by atomic mass is 9.92. The van der Waals surface area contributed by atoms with E-state index in [1.54, 1.807) is 11.3 Å². The Kier molecular flexibility index (Phi) is 4.41. The number of nitrogens with two attached hydrogens (primary N) is 1. The molecule has 4 heteroatoms. The molecule has 2 rings (SSSR count). The molecule has 2 nitrogen and oxygen atoms in total. The Morgan fingerprint density at radius 2 is 2.25 bits per heavy atom. The van der Waals surface area contributed by atoms with Crippen molar-refractivity contribution in [2.24, 2.45) is 11.7 Å². The largest absolute Gasteiger partial charge is 0.381 e. The molecular formula is C12H18BrNOS. The van der Waals surface area contributed by atoms with E-state index in [2.05, 4.69) is 28.9 Å². The highest BCUT2D eigenvalue weighted by Crippen LogP contribution is 2.34. The summed E-state index contributed by atoms with van der Waals surface area (Å²) in [4.78, 5) is 1.30. The van der Waals surface area contributed by atoms with Crippen LogP contribution in [0.15, 0.2) is 9.85 Å². The van der Waals surface area contributed by atoms with Gasteiger partial charge in [0.1, 0.15) is 0 Å². The van der Waals surface area contributed by atoms with E-state index >= 15 is 0 Å². The molecule has 0 radical (unpaired) electrons. The van der Waals surface area contributed by atoms with Gasteiger partial charge in [0.25, 0.3) is 0 Å². The van der Waals surface area contributed by atoms with E-state index < -0.39 is 0 Å². The summed E-state index contributed by atoms with van der Waals surface area (Å²) in [5.74, 6) is 0.741. The molecule has 0 saturated carbocycles. The molecule has 1 saturated heterocycles. The SMILES string of the molecule is Cc1cc(C(N)CC2CCOCC2)sc1Br. The predicted molar refractivity (Wildman–Crippen MR) is 71.8 cm³/mol. The zero-order valence-corrected chi connectivity index (χ0v) is 11.9. The zero-order valence-electron chi connectivity index (χ0n) is 9.54. The van der Waals surface area contributed by atoms with Crippen LogP contribution in [0, 0.1) is 12.8 Å². The predicted octanol–water partition coefficient (Wildman–Crippen LogP) is 3.64. The third-order valence-corrected chi connectivity index (χ3v) is 5.44.